The van der Waals surface area contributed by atoms with Crippen LogP contribution in [0.5, 0.6) is 0 Å². The van der Waals surface area contributed by atoms with Gasteiger partial charge in [-0.3, -0.25) is 0 Å². The SMILES string of the molecule is CNc1ccc([Si])c(C(C)C)c1C(C)C. The molecule has 0 atom stereocenters. The predicted molar refractivity (Wildman–Crippen MR) is 69.6 cm³/mol. The number of benzene rings is 1. The summed E-state index contributed by atoms with van der Waals surface area (Å²) in [5, 5.41) is 4.49. The Morgan fingerprint density at radius 3 is 1.93 bits per heavy atom. The fourth-order valence-electron chi connectivity index (χ4n) is 2.10. The van der Waals surface area contributed by atoms with E-state index in [4.69, 9.17) is 0 Å². The zero-order chi connectivity index (χ0) is 11.6. The summed E-state index contributed by atoms with van der Waals surface area (Å²) in [6.07, 6.45) is 0. The van der Waals surface area contributed by atoms with Crippen molar-refractivity contribution in [3.05, 3.63) is 23.3 Å². The van der Waals surface area contributed by atoms with E-state index in [9.17, 15) is 0 Å². The molecule has 0 amide bonds. The zero-order valence-electron chi connectivity index (χ0n) is 10.3. The van der Waals surface area contributed by atoms with E-state index in [0.29, 0.717) is 11.8 Å². The van der Waals surface area contributed by atoms with Crippen LogP contribution in [0.15, 0.2) is 12.1 Å². The molecule has 0 aliphatic heterocycles. The lowest BCUT2D eigenvalue weighted by molar-refractivity contribution is 0.797. The van der Waals surface area contributed by atoms with Gasteiger partial charge in [-0.1, -0.05) is 38.9 Å². The Labute approximate surface area is 96.7 Å². The van der Waals surface area contributed by atoms with Crippen molar-refractivity contribution in [1.29, 1.82) is 0 Å². The minimum absolute atomic E-state index is 0.543. The van der Waals surface area contributed by atoms with E-state index in [1.54, 1.807) is 0 Å². The maximum Gasteiger partial charge on any atom is 0.0716 e. The van der Waals surface area contributed by atoms with Gasteiger partial charge in [-0.25, -0.2) is 0 Å². The second-order valence-electron chi connectivity index (χ2n) is 4.55. The molecular weight excluding hydrogens is 198 g/mol. The fraction of sp³-hybridized carbons (Fsp3) is 0.538. The Morgan fingerprint density at radius 1 is 1.00 bits per heavy atom. The van der Waals surface area contributed by atoms with E-state index < -0.39 is 0 Å². The maximum atomic E-state index is 3.71. The Kier molecular flexibility index (Phi) is 3.97. The number of rotatable bonds is 3. The van der Waals surface area contributed by atoms with Gasteiger partial charge in [0.15, 0.2) is 0 Å². The summed E-state index contributed by atoms with van der Waals surface area (Å²) in [5.41, 5.74) is 4.10. The van der Waals surface area contributed by atoms with Gasteiger partial charge in [0.2, 0.25) is 0 Å². The van der Waals surface area contributed by atoms with Crippen LogP contribution in [-0.4, -0.2) is 17.3 Å². The lowest BCUT2D eigenvalue weighted by Crippen LogP contribution is -2.17. The Balaban J connectivity index is 3.44. The van der Waals surface area contributed by atoms with Crippen LogP contribution < -0.4 is 10.5 Å². The third kappa shape index (κ3) is 2.43. The van der Waals surface area contributed by atoms with E-state index in [-0.39, 0.29) is 0 Å². The average Bonchev–Trinajstić information content (AvgIpc) is 2.16. The molecule has 81 valence electrons. The van der Waals surface area contributed by atoms with Gasteiger partial charge in [0.1, 0.15) is 0 Å². The Hall–Kier alpha value is -0.763. The van der Waals surface area contributed by atoms with Crippen LogP contribution in [0.4, 0.5) is 5.69 Å². The summed E-state index contributed by atoms with van der Waals surface area (Å²) in [6, 6.07) is 4.27. The van der Waals surface area contributed by atoms with E-state index in [1.165, 1.54) is 22.0 Å². The van der Waals surface area contributed by atoms with Gasteiger partial charge in [0.05, 0.1) is 10.2 Å². The molecule has 0 unspecified atom stereocenters. The molecule has 0 aliphatic rings. The predicted octanol–water partition coefficient (Wildman–Crippen LogP) is 2.77. The van der Waals surface area contributed by atoms with Crippen molar-refractivity contribution >= 4 is 21.1 Å². The largest absolute Gasteiger partial charge is 0.388 e. The van der Waals surface area contributed by atoms with Crippen LogP contribution in [-0.2, 0) is 0 Å². The van der Waals surface area contributed by atoms with Gasteiger partial charge in [-0.2, -0.15) is 0 Å². The molecule has 0 saturated heterocycles. The van der Waals surface area contributed by atoms with Crippen LogP contribution >= 0.6 is 0 Å². The highest BCUT2D eigenvalue weighted by Crippen LogP contribution is 2.30. The molecule has 0 aliphatic carbocycles. The van der Waals surface area contributed by atoms with E-state index in [1.807, 2.05) is 7.05 Å². The minimum atomic E-state index is 0.543. The van der Waals surface area contributed by atoms with Crippen LogP contribution in [0.3, 0.4) is 0 Å². The summed E-state index contributed by atoms with van der Waals surface area (Å²) in [5.74, 6) is 1.09. The monoisotopic (exact) mass is 218 g/mol. The highest BCUT2D eigenvalue weighted by molar-refractivity contribution is 6.33. The van der Waals surface area contributed by atoms with Gasteiger partial charge < -0.3 is 5.32 Å². The molecule has 1 N–H and O–H groups in total. The van der Waals surface area contributed by atoms with Gasteiger partial charge in [-0.05, 0) is 29.0 Å². The van der Waals surface area contributed by atoms with Crippen LogP contribution in [0, 0.1) is 0 Å². The minimum Gasteiger partial charge on any atom is -0.388 e. The second kappa shape index (κ2) is 4.84. The standard InChI is InChI=1S/C13H20NSi/c1-8(2)12-10(14-5)6-7-11(15)13(12)9(3)4/h6-9,14H,1-5H3. The maximum absolute atomic E-state index is 3.71. The molecule has 3 radical (unpaired) electrons. The molecule has 1 aromatic carbocycles. The lowest BCUT2D eigenvalue weighted by atomic mass is 9.89. The second-order valence-corrected chi connectivity index (χ2v) is 5.09. The molecule has 0 aromatic heterocycles. The third-order valence-corrected chi connectivity index (χ3v) is 3.15. The molecule has 0 spiro atoms. The molecule has 0 heterocycles. The molecule has 0 fully saturated rings. The van der Waals surface area contributed by atoms with Crippen molar-refractivity contribution in [3.8, 4) is 0 Å². The topological polar surface area (TPSA) is 12.0 Å². The first-order valence-electron chi connectivity index (χ1n) is 5.55. The quantitative estimate of drug-likeness (QED) is 0.769. The van der Waals surface area contributed by atoms with Gasteiger partial charge >= 0.3 is 0 Å². The smallest absolute Gasteiger partial charge is 0.0716 e. The van der Waals surface area contributed by atoms with Crippen LogP contribution in [0.2, 0.25) is 0 Å². The molecule has 2 heteroatoms. The molecule has 1 nitrogen and oxygen atoms in total. The highest BCUT2D eigenvalue weighted by Gasteiger charge is 2.15. The summed E-state index contributed by atoms with van der Waals surface area (Å²) in [4.78, 5) is 0. The van der Waals surface area contributed by atoms with Gasteiger partial charge in [-0.15, -0.1) is 0 Å². The van der Waals surface area contributed by atoms with Crippen molar-refractivity contribution in [1.82, 2.24) is 0 Å². The van der Waals surface area contributed by atoms with Crippen LogP contribution in [0.25, 0.3) is 0 Å². The number of hydrogen-bond donors (Lipinski definition) is 1. The van der Waals surface area contributed by atoms with Crippen molar-refractivity contribution in [2.75, 3.05) is 12.4 Å². The molecule has 1 rings (SSSR count). The third-order valence-electron chi connectivity index (χ3n) is 2.71. The average molecular weight is 218 g/mol. The van der Waals surface area contributed by atoms with Gasteiger partial charge in [0, 0.05) is 12.7 Å². The molecule has 0 saturated carbocycles. The Morgan fingerprint density at radius 2 is 1.53 bits per heavy atom. The summed E-state index contributed by atoms with van der Waals surface area (Å²) < 4.78 is 0. The molecular formula is C13H20NSi. The van der Waals surface area contributed by atoms with Gasteiger partial charge in [0.25, 0.3) is 0 Å². The number of anilines is 1. The first-order valence-corrected chi connectivity index (χ1v) is 6.05. The van der Waals surface area contributed by atoms with Crippen molar-refractivity contribution < 1.29 is 0 Å². The van der Waals surface area contributed by atoms with Crippen molar-refractivity contribution in [2.45, 2.75) is 39.5 Å². The molecule has 0 bridgehead atoms. The first-order chi connectivity index (χ1) is 6.99. The van der Waals surface area contributed by atoms with E-state index >= 15 is 0 Å². The summed E-state index contributed by atoms with van der Waals surface area (Å²) in [7, 11) is 5.69. The van der Waals surface area contributed by atoms with E-state index in [0.717, 1.165) is 0 Å². The fourth-order valence-corrected chi connectivity index (χ4v) is 2.61. The molecule has 1 aromatic rings. The highest BCUT2D eigenvalue weighted by atomic mass is 28.1. The van der Waals surface area contributed by atoms with E-state index in [2.05, 4.69) is 55.4 Å². The normalized spacial score (nSPS) is 11.2. The van der Waals surface area contributed by atoms with Crippen molar-refractivity contribution in [3.63, 3.8) is 0 Å². The van der Waals surface area contributed by atoms with Crippen LogP contribution in [0.1, 0.15) is 50.7 Å². The first kappa shape index (κ1) is 12.3. The zero-order valence-corrected chi connectivity index (χ0v) is 11.3. The lowest BCUT2D eigenvalue weighted by Gasteiger charge is -2.22. The summed E-state index contributed by atoms with van der Waals surface area (Å²) in [6.45, 7) is 8.97. The number of hydrogen-bond acceptors (Lipinski definition) is 1. The van der Waals surface area contributed by atoms with Crippen molar-refractivity contribution in [2.24, 2.45) is 0 Å². The molecule has 15 heavy (non-hydrogen) atoms. The number of nitrogens with one attached hydrogen (secondary N) is 1. The summed E-state index contributed by atoms with van der Waals surface area (Å²) >= 11 is 0. The Bertz CT molecular complexity index is 343.